The molecule has 0 fully saturated rings. The second-order valence-electron chi connectivity index (χ2n) is 14.7. The van der Waals surface area contributed by atoms with Crippen molar-refractivity contribution in [1.29, 1.82) is 0 Å². The lowest BCUT2D eigenvalue weighted by atomic mass is 9.70. The van der Waals surface area contributed by atoms with Crippen LogP contribution in [0.15, 0.2) is 60.7 Å². The number of unbranched alkanes of at least 4 members (excludes halogenated alkanes) is 6. The van der Waals surface area contributed by atoms with Crippen molar-refractivity contribution in [3.63, 3.8) is 0 Å². The zero-order chi connectivity index (χ0) is 29.8. The van der Waals surface area contributed by atoms with E-state index in [4.69, 9.17) is 0 Å². The molecule has 0 saturated carbocycles. The largest absolute Gasteiger partial charge is 0.331 e. The molecule has 0 unspecified atom stereocenters. The standard InChI is InChI=1S/C37H52N4S/c1-40(2,3)26-15-9-7-13-24-37(25-14-8-10-16-27-41(4,5)6)33-20-12-11-18-31(33)32-23-22-29(28-34(32)37)30-19-17-21-35-36(30)39-42-38-35/h11-12,17-23,28H,7-10,13-16,24-27H2,1-6H3/q+2. The maximum absolute atomic E-state index is 4.68. The van der Waals surface area contributed by atoms with E-state index < -0.39 is 0 Å². The van der Waals surface area contributed by atoms with Crippen LogP contribution in [0.2, 0.25) is 0 Å². The average molecular weight is 585 g/mol. The molecule has 0 aliphatic heterocycles. The van der Waals surface area contributed by atoms with Gasteiger partial charge in [0.15, 0.2) is 0 Å². The number of hydrogen-bond donors (Lipinski definition) is 0. The van der Waals surface area contributed by atoms with E-state index in [0.717, 1.165) is 20.0 Å². The van der Waals surface area contributed by atoms with Crippen molar-refractivity contribution in [2.75, 3.05) is 55.4 Å². The third kappa shape index (κ3) is 7.12. The molecular weight excluding hydrogens is 533 g/mol. The van der Waals surface area contributed by atoms with E-state index in [-0.39, 0.29) is 5.41 Å². The summed E-state index contributed by atoms with van der Waals surface area (Å²) in [6, 6.07) is 23.0. The second-order valence-corrected chi connectivity index (χ2v) is 15.2. The van der Waals surface area contributed by atoms with Gasteiger partial charge < -0.3 is 8.97 Å². The number of hydrogen-bond acceptors (Lipinski definition) is 3. The zero-order valence-corrected chi connectivity index (χ0v) is 27.8. The summed E-state index contributed by atoms with van der Waals surface area (Å²) < 4.78 is 11.3. The molecule has 1 aliphatic carbocycles. The summed E-state index contributed by atoms with van der Waals surface area (Å²) in [6.45, 7) is 2.51. The van der Waals surface area contributed by atoms with Gasteiger partial charge in [-0.15, -0.1) is 0 Å². The van der Waals surface area contributed by atoms with E-state index in [2.05, 4.69) is 112 Å². The number of aromatic nitrogens is 2. The fourth-order valence-electron chi connectivity index (χ4n) is 7.06. The Morgan fingerprint density at radius 2 is 1.17 bits per heavy atom. The van der Waals surface area contributed by atoms with Crippen LogP contribution in [0.1, 0.15) is 75.3 Å². The molecular formula is C37H52N4S+2. The van der Waals surface area contributed by atoms with Gasteiger partial charge in [-0.25, -0.2) is 0 Å². The molecule has 4 nitrogen and oxygen atoms in total. The van der Waals surface area contributed by atoms with Gasteiger partial charge in [0, 0.05) is 11.0 Å². The molecule has 3 aromatic carbocycles. The third-order valence-electron chi connectivity index (χ3n) is 9.23. The van der Waals surface area contributed by atoms with Gasteiger partial charge in [0.25, 0.3) is 0 Å². The van der Waals surface area contributed by atoms with Gasteiger partial charge in [0.2, 0.25) is 0 Å². The Bertz CT molecular complexity index is 1450. The number of fused-ring (bicyclic) bond motifs is 4. The molecule has 42 heavy (non-hydrogen) atoms. The Morgan fingerprint density at radius 3 is 1.83 bits per heavy atom. The monoisotopic (exact) mass is 584 g/mol. The third-order valence-corrected chi connectivity index (χ3v) is 9.77. The van der Waals surface area contributed by atoms with Crippen molar-refractivity contribution in [1.82, 2.24) is 8.75 Å². The first-order chi connectivity index (χ1) is 20.1. The summed E-state index contributed by atoms with van der Waals surface area (Å²) in [5.41, 5.74) is 10.6. The number of rotatable bonds is 15. The van der Waals surface area contributed by atoms with Crippen LogP contribution < -0.4 is 0 Å². The predicted octanol–water partition coefficient (Wildman–Crippen LogP) is 8.94. The number of nitrogens with zero attached hydrogens (tertiary/aromatic N) is 4. The molecule has 4 aromatic rings. The molecule has 0 saturated heterocycles. The van der Waals surface area contributed by atoms with E-state index in [1.807, 2.05) is 0 Å². The van der Waals surface area contributed by atoms with Gasteiger partial charge in [0.1, 0.15) is 11.0 Å². The molecule has 0 N–H and O–H groups in total. The lowest BCUT2D eigenvalue weighted by molar-refractivity contribution is -0.870. The Morgan fingerprint density at radius 1 is 0.571 bits per heavy atom. The molecule has 0 bridgehead atoms. The fourth-order valence-corrected chi connectivity index (χ4v) is 7.61. The first-order valence-electron chi connectivity index (χ1n) is 16.1. The van der Waals surface area contributed by atoms with Crippen LogP contribution in [0.4, 0.5) is 0 Å². The number of benzene rings is 3. The van der Waals surface area contributed by atoms with Gasteiger partial charge in [-0.05, 0) is 78.5 Å². The van der Waals surface area contributed by atoms with Crippen molar-refractivity contribution in [2.45, 2.75) is 69.6 Å². The molecule has 0 radical (unpaired) electrons. The van der Waals surface area contributed by atoms with Gasteiger partial charge in [0.05, 0.1) is 67.1 Å². The molecule has 1 heterocycles. The van der Waals surface area contributed by atoms with Crippen LogP contribution in [0.5, 0.6) is 0 Å². The van der Waals surface area contributed by atoms with Gasteiger partial charge in [-0.1, -0.05) is 74.2 Å². The van der Waals surface area contributed by atoms with Crippen molar-refractivity contribution in [2.24, 2.45) is 0 Å². The Hall–Kier alpha value is -2.60. The quantitative estimate of drug-likeness (QED) is 0.103. The first kappa shape index (κ1) is 30.8. The molecule has 224 valence electrons. The topological polar surface area (TPSA) is 25.8 Å². The van der Waals surface area contributed by atoms with Gasteiger partial charge in [-0.2, -0.15) is 8.75 Å². The normalized spacial score (nSPS) is 14.3. The molecule has 1 aromatic heterocycles. The molecule has 0 spiro atoms. The lowest BCUT2D eigenvalue weighted by Crippen LogP contribution is -2.35. The van der Waals surface area contributed by atoms with E-state index in [1.54, 1.807) is 11.1 Å². The molecule has 5 rings (SSSR count). The maximum Gasteiger partial charge on any atom is 0.112 e. The Balaban J connectivity index is 1.44. The highest BCUT2D eigenvalue weighted by atomic mass is 32.1. The Labute approximate surface area is 258 Å². The van der Waals surface area contributed by atoms with Crippen molar-refractivity contribution in [3.05, 3.63) is 71.8 Å². The van der Waals surface area contributed by atoms with Crippen LogP contribution in [0, 0.1) is 0 Å². The molecule has 1 aliphatic rings. The van der Waals surface area contributed by atoms with Crippen molar-refractivity contribution < 1.29 is 8.97 Å². The summed E-state index contributed by atoms with van der Waals surface area (Å²) in [5, 5.41) is 0. The summed E-state index contributed by atoms with van der Waals surface area (Å²) >= 11 is 1.31. The van der Waals surface area contributed by atoms with Crippen molar-refractivity contribution in [3.8, 4) is 22.3 Å². The minimum Gasteiger partial charge on any atom is -0.331 e. The van der Waals surface area contributed by atoms with Crippen molar-refractivity contribution >= 4 is 22.8 Å². The maximum atomic E-state index is 4.68. The summed E-state index contributed by atoms with van der Waals surface area (Å²) in [7, 11) is 13.8. The highest BCUT2D eigenvalue weighted by Gasteiger charge is 2.42. The first-order valence-corrected chi connectivity index (χ1v) is 16.9. The number of quaternary nitrogens is 2. The van der Waals surface area contributed by atoms with Crippen LogP contribution in [0.3, 0.4) is 0 Å². The van der Waals surface area contributed by atoms with E-state index in [9.17, 15) is 0 Å². The highest BCUT2D eigenvalue weighted by Crippen LogP contribution is 2.55. The van der Waals surface area contributed by atoms with Gasteiger partial charge in [-0.3, -0.25) is 0 Å². The molecule has 0 amide bonds. The zero-order valence-electron chi connectivity index (χ0n) is 27.0. The lowest BCUT2D eigenvalue weighted by Gasteiger charge is -2.33. The minimum absolute atomic E-state index is 0.0797. The van der Waals surface area contributed by atoms with E-state index >= 15 is 0 Å². The second kappa shape index (κ2) is 13.0. The smallest absolute Gasteiger partial charge is 0.112 e. The van der Waals surface area contributed by atoms with E-state index in [1.165, 1.54) is 111 Å². The molecule has 0 atom stereocenters. The van der Waals surface area contributed by atoms with Crippen LogP contribution in [-0.2, 0) is 5.41 Å². The Kier molecular flexibility index (Phi) is 9.51. The highest BCUT2D eigenvalue weighted by molar-refractivity contribution is 7.00. The average Bonchev–Trinajstić information content (AvgIpc) is 3.53. The van der Waals surface area contributed by atoms with E-state index in [0.29, 0.717) is 0 Å². The summed E-state index contributed by atoms with van der Waals surface area (Å²) in [6.07, 6.45) is 12.9. The minimum atomic E-state index is 0.0797. The fraction of sp³-hybridized carbons (Fsp3) is 0.514. The van der Waals surface area contributed by atoms with Gasteiger partial charge >= 0.3 is 0 Å². The molecule has 5 heteroatoms. The SMILES string of the molecule is C[N+](C)(C)CCCCCCC1(CCCCCC[N+](C)(C)C)c2ccccc2-c2ccc(-c3cccc4nsnc34)cc21. The summed E-state index contributed by atoms with van der Waals surface area (Å²) in [4.78, 5) is 0. The van der Waals surface area contributed by atoms with Crippen LogP contribution in [-0.4, -0.2) is 73.1 Å². The van der Waals surface area contributed by atoms with Crippen LogP contribution >= 0.6 is 11.7 Å². The summed E-state index contributed by atoms with van der Waals surface area (Å²) in [5.74, 6) is 0. The predicted molar refractivity (Wildman–Crippen MR) is 181 cm³/mol. The van der Waals surface area contributed by atoms with Crippen LogP contribution in [0.25, 0.3) is 33.3 Å².